The number of pyridine rings is 1. The summed E-state index contributed by atoms with van der Waals surface area (Å²) in [7, 11) is 2.02. The molecule has 0 spiro atoms. The SMILES string of the molecule is Cc1cncn1-c1cccc[n+]1C. The van der Waals surface area contributed by atoms with Crippen LogP contribution in [0.2, 0.25) is 0 Å². The van der Waals surface area contributed by atoms with Crippen molar-refractivity contribution < 1.29 is 4.57 Å². The summed E-state index contributed by atoms with van der Waals surface area (Å²) < 4.78 is 4.12. The Hall–Kier alpha value is -1.64. The largest absolute Gasteiger partial charge is 0.287 e. The third kappa shape index (κ3) is 1.33. The standard InChI is InChI=1S/C10H12N3/c1-9-7-11-8-13(9)10-5-3-4-6-12(10)2/h3-8H,1-2H3/q+1. The fourth-order valence-corrected chi connectivity index (χ4v) is 1.37. The zero-order valence-corrected chi connectivity index (χ0v) is 7.81. The normalized spacial score (nSPS) is 10.3. The topological polar surface area (TPSA) is 21.7 Å². The molecule has 0 aromatic carbocycles. The molecule has 0 radical (unpaired) electrons. The van der Waals surface area contributed by atoms with Gasteiger partial charge in [0.1, 0.15) is 5.69 Å². The van der Waals surface area contributed by atoms with E-state index in [9.17, 15) is 0 Å². The quantitative estimate of drug-likeness (QED) is 0.591. The maximum atomic E-state index is 4.09. The molecule has 0 amide bonds. The average Bonchev–Trinajstić information content (AvgIpc) is 2.52. The van der Waals surface area contributed by atoms with Gasteiger partial charge in [-0.15, -0.1) is 0 Å². The van der Waals surface area contributed by atoms with Gasteiger partial charge in [-0.05, 0) is 13.0 Å². The molecule has 2 rings (SSSR count). The summed E-state index contributed by atoms with van der Waals surface area (Å²) in [5.74, 6) is 1.12. The Morgan fingerprint density at radius 1 is 1.38 bits per heavy atom. The highest BCUT2D eigenvalue weighted by atomic mass is 15.2. The van der Waals surface area contributed by atoms with Crippen LogP contribution in [-0.2, 0) is 7.05 Å². The van der Waals surface area contributed by atoms with Gasteiger partial charge in [0.15, 0.2) is 6.33 Å². The van der Waals surface area contributed by atoms with Crippen LogP contribution in [0.4, 0.5) is 0 Å². The van der Waals surface area contributed by atoms with E-state index in [1.54, 1.807) is 0 Å². The van der Waals surface area contributed by atoms with Crippen molar-refractivity contribution in [2.45, 2.75) is 6.92 Å². The molecule has 0 atom stereocenters. The number of aromatic nitrogens is 3. The zero-order chi connectivity index (χ0) is 9.26. The van der Waals surface area contributed by atoms with Crippen LogP contribution >= 0.6 is 0 Å². The molecule has 0 fully saturated rings. The first kappa shape index (κ1) is 7.98. The number of imidazole rings is 1. The summed E-state index contributed by atoms with van der Waals surface area (Å²) in [5.41, 5.74) is 1.14. The van der Waals surface area contributed by atoms with Crippen molar-refractivity contribution in [3.63, 3.8) is 0 Å². The van der Waals surface area contributed by atoms with Crippen LogP contribution in [0.3, 0.4) is 0 Å². The molecular weight excluding hydrogens is 162 g/mol. The van der Waals surface area contributed by atoms with E-state index in [2.05, 4.69) is 20.2 Å². The van der Waals surface area contributed by atoms with Crippen LogP contribution in [0.1, 0.15) is 5.69 Å². The Balaban J connectivity index is 2.59. The van der Waals surface area contributed by atoms with Crippen molar-refractivity contribution in [3.8, 4) is 5.82 Å². The molecule has 0 saturated carbocycles. The lowest BCUT2D eigenvalue weighted by Crippen LogP contribution is -2.33. The van der Waals surface area contributed by atoms with Gasteiger partial charge in [-0.2, -0.15) is 4.57 Å². The van der Waals surface area contributed by atoms with Gasteiger partial charge in [-0.3, -0.25) is 0 Å². The van der Waals surface area contributed by atoms with Crippen LogP contribution in [0.25, 0.3) is 5.82 Å². The van der Waals surface area contributed by atoms with Gasteiger partial charge < -0.3 is 0 Å². The van der Waals surface area contributed by atoms with Crippen molar-refractivity contribution in [2.75, 3.05) is 0 Å². The van der Waals surface area contributed by atoms with Crippen molar-refractivity contribution in [3.05, 3.63) is 42.6 Å². The molecule has 2 aromatic rings. The number of nitrogens with zero attached hydrogens (tertiary/aromatic N) is 3. The molecule has 66 valence electrons. The van der Waals surface area contributed by atoms with Crippen LogP contribution in [-0.4, -0.2) is 9.55 Å². The number of hydrogen-bond donors (Lipinski definition) is 0. The van der Waals surface area contributed by atoms with Crippen molar-refractivity contribution in [1.29, 1.82) is 0 Å². The molecular formula is C10H12N3+. The van der Waals surface area contributed by atoms with Crippen LogP contribution < -0.4 is 4.57 Å². The molecule has 0 aliphatic carbocycles. The summed E-state index contributed by atoms with van der Waals surface area (Å²) >= 11 is 0. The zero-order valence-electron chi connectivity index (χ0n) is 7.81. The molecule has 13 heavy (non-hydrogen) atoms. The Kier molecular flexibility index (Phi) is 1.85. The summed E-state index contributed by atoms with van der Waals surface area (Å²) in [5, 5.41) is 0. The minimum absolute atomic E-state index is 1.12. The van der Waals surface area contributed by atoms with E-state index in [0.29, 0.717) is 0 Å². The van der Waals surface area contributed by atoms with Crippen LogP contribution in [0, 0.1) is 6.92 Å². The van der Waals surface area contributed by atoms with Crippen molar-refractivity contribution >= 4 is 0 Å². The number of rotatable bonds is 1. The molecule has 0 saturated heterocycles. The molecule has 0 N–H and O–H groups in total. The van der Waals surface area contributed by atoms with E-state index in [1.807, 2.05) is 44.8 Å². The van der Waals surface area contributed by atoms with Gasteiger partial charge in [-0.25, -0.2) is 9.55 Å². The van der Waals surface area contributed by atoms with E-state index < -0.39 is 0 Å². The predicted octanol–water partition coefficient (Wildman–Crippen LogP) is 1.01. The fourth-order valence-electron chi connectivity index (χ4n) is 1.37. The molecule has 2 heterocycles. The fraction of sp³-hybridized carbons (Fsp3) is 0.200. The predicted molar refractivity (Wildman–Crippen MR) is 49.5 cm³/mol. The van der Waals surface area contributed by atoms with Crippen molar-refractivity contribution in [1.82, 2.24) is 9.55 Å². The van der Waals surface area contributed by atoms with E-state index in [4.69, 9.17) is 0 Å². The molecule has 0 unspecified atom stereocenters. The minimum atomic E-state index is 1.12. The second-order valence-corrected chi connectivity index (χ2v) is 3.07. The highest BCUT2D eigenvalue weighted by Gasteiger charge is 2.10. The Morgan fingerprint density at radius 3 is 2.85 bits per heavy atom. The summed E-state index contributed by atoms with van der Waals surface area (Å²) in [6, 6.07) is 6.10. The maximum absolute atomic E-state index is 4.09. The highest BCUT2D eigenvalue weighted by Crippen LogP contribution is 2.04. The molecule has 0 aliphatic heterocycles. The van der Waals surface area contributed by atoms with Gasteiger partial charge in [0, 0.05) is 6.07 Å². The van der Waals surface area contributed by atoms with E-state index in [-0.39, 0.29) is 0 Å². The first-order valence-electron chi connectivity index (χ1n) is 4.23. The average molecular weight is 174 g/mol. The van der Waals surface area contributed by atoms with E-state index in [0.717, 1.165) is 11.5 Å². The number of aryl methyl sites for hydroxylation is 2. The van der Waals surface area contributed by atoms with E-state index in [1.165, 1.54) is 0 Å². The van der Waals surface area contributed by atoms with Crippen molar-refractivity contribution in [2.24, 2.45) is 7.05 Å². The first-order valence-corrected chi connectivity index (χ1v) is 4.23. The molecule has 0 aliphatic rings. The summed E-state index contributed by atoms with van der Waals surface area (Å²) in [6.07, 6.45) is 5.70. The van der Waals surface area contributed by atoms with Crippen LogP contribution in [0.15, 0.2) is 36.9 Å². The Morgan fingerprint density at radius 2 is 2.23 bits per heavy atom. The second kappa shape index (κ2) is 3.01. The minimum Gasteiger partial charge on any atom is -0.237 e. The molecule has 3 nitrogen and oxygen atoms in total. The van der Waals surface area contributed by atoms with Gasteiger partial charge in [0.25, 0.3) is 5.82 Å². The lowest BCUT2D eigenvalue weighted by Gasteiger charge is -1.99. The summed E-state index contributed by atoms with van der Waals surface area (Å²) in [4.78, 5) is 4.09. The lowest BCUT2D eigenvalue weighted by atomic mass is 10.4. The van der Waals surface area contributed by atoms with Gasteiger partial charge >= 0.3 is 0 Å². The lowest BCUT2D eigenvalue weighted by molar-refractivity contribution is -0.665. The molecule has 2 aromatic heterocycles. The third-order valence-corrected chi connectivity index (χ3v) is 2.10. The highest BCUT2D eigenvalue weighted by molar-refractivity contribution is 5.19. The molecule has 3 heteroatoms. The maximum Gasteiger partial charge on any atom is 0.287 e. The Labute approximate surface area is 77.3 Å². The number of hydrogen-bond acceptors (Lipinski definition) is 1. The smallest absolute Gasteiger partial charge is 0.237 e. The second-order valence-electron chi connectivity index (χ2n) is 3.07. The summed E-state index contributed by atoms with van der Waals surface area (Å²) in [6.45, 7) is 2.04. The Bertz CT molecular complexity index is 418. The third-order valence-electron chi connectivity index (χ3n) is 2.10. The molecule has 0 bridgehead atoms. The van der Waals surface area contributed by atoms with Crippen LogP contribution in [0.5, 0.6) is 0 Å². The van der Waals surface area contributed by atoms with Gasteiger partial charge in [0.2, 0.25) is 0 Å². The monoisotopic (exact) mass is 174 g/mol. The van der Waals surface area contributed by atoms with Gasteiger partial charge in [-0.1, -0.05) is 6.07 Å². The van der Waals surface area contributed by atoms with Gasteiger partial charge in [0.05, 0.1) is 19.4 Å². The van der Waals surface area contributed by atoms with E-state index >= 15 is 0 Å². The first-order chi connectivity index (χ1) is 6.29.